The first-order chi connectivity index (χ1) is 22.5. The van der Waals surface area contributed by atoms with Crippen LogP contribution in [0, 0.1) is 38.7 Å². The van der Waals surface area contributed by atoms with Crippen molar-refractivity contribution in [2.75, 3.05) is 19.8 Å². The molecule has 0 saturated heterocycles. The molecule has 1 unspecified atom stereocenters. The number of esters is 3. The number of ether oxygens (including phenoxy) is 3. The minimum atomic E-state index is -1.75. The number of fused-ring (bicyclic) bond motifs is 5. The number of aliphatic hydroxyl groups excluding tert-OH is 1. The molecule has 266 valence electrons. The van der Waals surface area contributed by atoms with Crippen LogP contribution >= 0.6 is 11.6 Å². The van der Waals surface area contributed by atoms with Gasteiger partial charge in [-0.2, -0.15) is 0 Å². The molecule has 15 heteroatoms. The summed E-state index contributed by atoms with van der Waals surface area (Å²) in [5, 5.41) is 21.2. The molecule has 3 saturated carbocycles. The van der Waals surface area contributed by atoms with Gasteiger partial charge in [0.05, 0.1) is 30.6 Å². The Kier molecular flexibility index (Phi) is 11.1. The molecule has 0 heterocycles. The molecule has 4 rings (SSSR count). The van der Waals surface area contributed by atoms with Crippen molar-refractivity contribution in [2.24, 2.45) is 34.3 Å². The van der Waals surface area contributed by atoms with Crippen molar-refractivity contribution in [3.8, 4) is 0 Å². The van der Waals surface area contributed by atoms with Crippen LogP contribution in [0.5, 0.6) is 0 Å². The van der Waals surface area contributed by atoms with Crippen molar-refractivity contribution in [2.45, 2.75) is 102 Å². The summed E-state index contributed by atoms with van der Waals surface area (Å²) in [6, 6.07) is -1.39. The Labute approximate surface area is 283 Å². The number of rotatable bonds is 14. The summed E-state index contributed by atoms with van der Waals surface area (Å²) >= 11 is 7.52. The SMILES string of the molecule is CCC(=O)O[C@@]1(C(=O)COC(=O)CC(N)C(=O)OCCCCO[N+](=O)[O-])[C@@H](C)C[C@H]2[C@@H]3CCC4=CC(=O)C=C[C@]4(C)[C@@]3(Cl)[C@@H](O)C[C@@]21C. The maximum absolute atomic E-state index is 14.3. The molecule has 0 aliphatic heterocycles. The molecule has 14 nitrogen and oxygen atoms in total. The Morgan fingerprint density at radius 3 is 2.50 bits per heavy atom. The van der Waals surface area contributed by atoms with Gasteiger partial charge in [0.25, 0.3) is 5.09 Å². The summed E-state index contributed by atoms with van der Waals surface area (Å²) in [6.45, 7) is 6.15. The van der Waals surface area contributed by atoms with Gasteiger partial charge < -0.3 is 29.9 Å². The quantitative estimate of drug-likeness (QED) is 0.0669. The van der Waals surface area contributed by atoms with Crippen molar-refractivity contribution >= 4 is 41.1 Å². The van der Waals surface area contributed by atoms with E-state index >= 15 is 0 Å². The number of hydrogen-bond acceptors (Lipinski definition) is 13. The van der Waals surface area contributed by atoms with Crippen molar-refractivity contribution in [1.29, 1.82) is 0 Å². The summed E-state index contributed by atoms with van der Waals surface area (Å²) in [6.07, 6.45) is 5.21. The van der Waals surface area contributed by atoms with E-state index in [1.54, 1.807) is 26.0 Å². The van der Waals surface area contributed by atoms with Crippen LogP contribution in [0.4, 0.5) is 0 Å². The Balaban J connectivity index is 1.49. The first-order valence-electron chi connectivity index (χ1n) is 16.4. The van der Waals surface area contributed by atoms with E-state index in [2.05, 4.69) is 4.84 Å². The highest BCUT2D eigenvalue weighted by molar-refractivity contribution is 6.26. The van der Waals surface area contributed by atoms with Crippen LogP contribution < -0.4 is 5.73 Å². The Morgan fingerprint density at radius 2 is 1.83 bits per heavy atom. The van der Waals surface area contributed by atoms with E-state index in [1.165, 1.54) is 6.08 Å². The molecule has 0 aromatic rings. The summed E-state index contributed by atoms with van der Waals surface area (Å²) in [4.78, 5) is 77.5. The molecule has 9 atom stereocenters. The lowest BCUT2D eigenvalue weighted by Crippen LogP contribution is -2.69. The summed E-state index contributed by atoms with van der Waals surface area (Å²) in [5.74, 6) is -4.34. The maximum atomic E-state index is 14.3. The predicted octanol–water partition coefficient (Wildman–Crippen LogP) is 2.93. The van der Waals surface area contributed by atoms with Gasteiger partial charge in [0, 0.05) is 23.2 Å². The van der Waals surface area contributed by atoms with E-state index in [1.807, 2.05) is 13.8 Å². The number of ketones is 2. The second-order valence-corrected chi connectivity index (χ2v) is 14.4. The molecule has 3 N–H and O–H groups in total. The number of halogens is 1. The highest BCUT2D eigenvalue weighted by Gasteiger charge is 2.76. The normalized spacial score (nSPS) is 35.6. The predicted molar refractivity (Wildman–Crippen MR) is 168 cm³/mol. The van der Waals surface area contributed by atoms with Crippen LogP contribution in [0.2, 0.25) is 0 Å². The molecule has 3 fully saturated rings. The van der Waals surface area contributed by atoms with Gasteiger partial charge in [0.15, 0.2) is 18.0 Å². The number of aliphatic hydroxyl groups is 1. The zero-order valence-corrected chi connectivity index (χ0v) is 28.5. The van der Waals surface area contributed by atoms with Crippen LogP contribution in [-0.2, 0) is 43.0 Å². The Hall–Kier alpha value is -3.36. The fraction of sp³-hybridized carbons (Fsp3) is 0.727. The van der Waals surface area contributed by atoms with Gasteiger partial charge in [-0.15, -0.1) is 21.7 Å². The highest BCUT2D eigenvalue weighted by Crippen LogP contribution is 2.72. The van der Waals surface area contributed by atoms with Gasteiger partial charge in [-0.3, -0.25) is 24.0 Å². The van der Waals surface area contributed by atoms with Crippen LogP contribution in [-0.4, -0.2) is 82.1 Å². The van der Waals surface area contributed by atoms with Crippen molar-refractivity contribution < 1.29 is 53.2 Å². The van der Waals surface area contributed by atoms with Crippen LogP contribution in [0.25, 0.3) is 0 Å². The van der Waals surface area contributed by atoms with Gasteiger partial charge in [-0.1, -0.05) is 39.3 Å². The molecular formula is C33H45ClN2O12. The van der Waals surface area contributed by atoms with E-state index in [4.69, 9.17) is 31.5 Å². The summed E-state index contributed by atoms with van der Waals surface area (Å²) in [7, 11) is 0. The van der Waals surface area contributed by atoms with Crippen molar-refractivity contribution in [3.63, 3.8) is 0 Å². The lowest BCUT2D eigenvalue weighted by Gasteiger charge is -2.64. The molecule has 0 aromatic carbocycles. The third-order valence-corrected chi connectivity index (χ3v) is 12.1. The number of nitrogens with zero attached hydrogens (tertiary/aromatic N) is 1. The second kappa shape index (κ2) is 14.2. The lowest BCUT2D eigenvalue weighted by atomic mass is 9.45. The average Bonchev–Trinajstić information content (AvgIpc) is 3.24. The number of Topliss-reactive ketones (excluding diaryl/α,β-unsaturated/α-hetero) is 1. The number of carbonyl (C=O) groups excluding carboxylic acids is 5. The van der Waals surface area contributed by atoms with Gasteiger partial charge in [0.1, 0.15) is 6.04 Å². The van der Waals surface area contributed by atoms with Crippen LogP contribution in [0.1, 0.15) is 79.1 Å². The average molecular weight is 697 g/mol. The van der Waals surface area contributed by atoms with Crippen molar-refractivity contribution in [1.82, 2.24) is 0 Å². The zero-order chi connectivity index (χ0) is 35.7. The first kappa shape index (κ1) is 37.5. The number of nitrogens with two attached hydrogens (primary N) is 1. The van der Waals surface area contributed by atoms with Gasteiger partial charge in [-0.05, 0) is 62.5 Å². The largest absolute Gasteiger partial charge is 0.465 e. The molecule has 0 aromatic heterocycles. The number of unbranched alkanes of at least 4 members (excludes halogenated alkanes) is 1. The topological polar surface area (TPSA) is 212 Å². The van der Waals surface area contributed by atoms with Crippen molar-refractivity contribution in [3.05, 3.63) is 33.9 Å². The Bertz CT molecular complexity index is 1400. The number of allylic oxidation sites excluding steroid dienone is 4. The fourth-order valence-corrected chi connectivity index (χ4v) is 9.37. The van der Waals surface area contributed by atoms with E-state index in [9.17, 15) is 39.2 Å². The third-order valence-electron chi connectivity index (χ3n) is 11.2. The van der Waals surface area contributed by atoms with E-state index in [0.717, 1.165) is 5.57 Å². The number of alkyl halides is 1. The van der Waals surface area contributed by atoms with E-state index < -0.39 is 81.2 Å². The van der Waals surface area contributed by atoms with Gasteiger partial charge >= 0.3 is 17.9 Å². The highest BCUT2D eigenvalue weighted by atomic mass is 35.5. The van der Waals surface area contributed by atoms with Crippen LogP contribution in [0.15, 0.2) is 23.8 Å². The van der Waals surface area contributed by atoms with E-state index in [-0.39, 0.29) is 56.5 Å². The summed E-state index contributed by atoms with van der Waals surface area (Å²) < 4.78 is 16.4. The fourth-order valence-electron chi connectivity index (χ4n) is 8.85. The monoisotopic (exact) mass is 696 g/mol. The smallest absolute Gasteiger partial charge is 0.323 e. The molecule has 4 aliphatic carbocycles. The van der Waals surface area contributed by atoms with Gasteiger partial charge in [-0.25, -0.2) is 0 Å². The Morgan fingerprint density at radius 1 is 1.15 bits per heavy atom. The molecular weight excluding hydrogens is 652 g/mol. The van der Waals surface area contributed by atoms with E-state index in [0.29, 0.717) is 19.3 Å². The molecule has 0 bridgehead atoms. The standard InChI is InChI=1S/C33H45ClN2O12/c1-5-27(40)48-33(26(39)18-46-28(41)16-24(35)29(42)45-12-6-7-13-47-36(43)44)19(2)14-23-22-9-8-20-15-21(37)10-11-30(20,3)32(22,34)25(38)17-31(23,33)4/h10-11,15,19,22-25,38H,5-9,12-14,16-18,35H2,1-4H3/t19-,22-,23-,24?,25-,30-,31-,32-,33+/m0/s1. The minimum absolute atomic E-state index is 0.0121. The minimum Gasteiger partial charge on any atom is -0.465 e. The first-order valence-corrected chi connectivity index (χ1v) is 16.8. The zero-order valence-electron chi connectivity index (χ0n) is 27.7. The second-order valence-electron chi connectivity index (χ2n) is 13.8. The maximum Gasteiger partial charge on any atom is 0.323 e. The lowest BCUT2D eigenvalue weighted by molar-refractivity contribution is -0.757. The van der Waals surface area contributed by atoms with Crippen LogP contribution in [0.3, 0.4) is 0 Å². The molecule has 0 radical (unpaired) electrons. The summed E-state index contributed by atoms with van der Waals surface area (Å²) in [5.41, 5.74) is 3.02. The molecule has 0 amide bonds. The van der Waals surface area contributed by atoms with Gasteiger partial charge in [0.2, 0.25) is 5.78 Å². The number of hydrogen-bond donors (Lipinski definition) is 2. The molecule has 48 heavy (non-hydrogen) atoms. The molecule has 4 aliphatic rings. The third kappa shape index (κ3) is 6.38. The number of carbonyl (C=O) groups is 5. The molecule has 0 spiro atoms.